The summed E-state index contributed by atoms with van der Waals surface area (Å²) in [4.78, 5) is 27.1. The summed E-state index contributed by atoms with van der Waals surface area (Å²) in [6.45, 7) is 1.16. The number of aromatic nitrogens is 4. The van der Waals surface area contributed by atoms with E-state index in [9.17, 15) is 14.0 Å². The number of H-pyrrole nitrogens is 1. The topological polar surface area (TPSA) is 93.1 Å². The number of hydrogen-bond donors (Lipinski definition) is 1. The average molecular weight is 423 g/mol. The third kappa shape index (κ3) is 3.71. The van der Waals surface area contributed by atoms with Crippen molar-refractivity contribution in [3.05, 3.63) is 53.7 Å². The largest absolute Gasteiger partial charge is 0.489 e. The Balaban J connectivity index is 1.22. The van der Waals surface area contributed by atoms with E-state index in [1.54, 1.807) is 21.8 Å². The van der Waals surface area contributed by atoms with Crippen molar-refractivity contribution in [2.75, 3.05) is 13.1 Å². The molecule has 0 bridgehead atoms. The van der Waals surface area contributed by atoms with Crippen molar-refractivity contribution in [2.45, 2.75) is 25.4 Å². The Kier molecular flexibility index (Phi) is 4.80. The molecule has 1 aromatic carbocycles. The third-order valence-electron chi connectivity index (χ3n) is 6.07. The van der Waals surface area contributed by atoms with Crippen molar-refractivity contribution < 1.29 is 18.7 Å². The highest BCUT2D eigenvalue weighted by atomic mass is 19.1. The number of likely N-dealkylation sites (tertiary alicyclic amines) is 1. The Labute approximate surface area is 178 Å². The number of halogens is 1. The first-order valence-corrected chi connectivity index (χ1v) is 10.3. The highest BCUT2D eigenvalue weighted by Crippen LogP contribution is 2.34. The van der Waals surface area contributed by atoms with Crippen LogP contribution in [-0.2, 0) is 7.05 Å². The van der Waals surface area contributed by atoms with Crippen LogP contribution >= 0.6 is 0 Å². The van der Waals surface area contributed by atoms with Crippen molar-refractivity contribution in [2.24, 2.45) is 13.0 Å². The number of piperidine rings is 1. The number of fused-ring (bicyclic) bond motifs is 1. The quantitative estimate of drug-likeness (QED) is 0.699. The van der Waals surface area contributed by atoms with Crippen molar-refractivity contribution in [1.29, 1.82) is 0 Å². The van der Waals surface area contributed by atoms with Gasteiger partial charge in [0, 0.05) is 38.3 Å². The fourth-order valence-electron chi connectivity index (χ4n) is 4.36. The van der Waals surface area contributed by atoms with Gasteiger partial charge in [-0.15, -0.1) is 0 Å². The second-order valence-corrected chi connectivity index (χ2v) is 8.12. The molecule has 1 fully saturated rings. The molecule has 1 atom stereocenters. The summed E-state index contributed by atoms with van der Waals surface area (Å²) in [7, 11) is 1.83. The van der Waals surface area contributed by atoms with Gasteiger partial charge in [0.05, 0.1) is 17.5 Å². The maximum Gasteiger partial charge on any atom is 0.271 e. The molecule has 2 aliphatic rings. The molecule has 0 aliphatic carbocycles. The van der Waals surface area contributed by atoms with Gasteiger partial charge in [-0.3, -0.25) is 19.4 Å². The molecule has 2 aromatic heterocycles. The monoisotopic (exact) mass is 423 g/mol. The number of aromatic amines is 1. The molecule has 8 nitrogen and oxygen atoms in total. The minimum Gasteiger partial charge on any atom is -0.489 e. The summed E-state index contributed by atoms with van der Waals surface area (Å²) in [5.41, 5.74) is 2.27. The van der Waals surface area contributed by atoms with Gasteiger partial charge in [-0.25, -0.2) is 4.39 Å². The average Bonchev–Trinajstić information content (AvgIpc) is 3.43. The van der Waals surface area contributed by atoms with Gasteiger partial charge in [-0.05, 0) is 43.0 Å². The van der Waals surface area contributed by atoms with Gasteiger partial charge < -0.3 is 9.64 Å². The number of ketones is 1. The number of ether oxygens (including phenoxy) is 1. The number of carbonyl (C=O) groups excluding carboxylic acids is 2. The summed E-state index contributed by atoms with van der Waals surface area (Å²) in [5.74, 6) is -0.0147. The predicted octanol–water partition coefficient (Wildman–Crippen LogP) is 2.84. The summed E-state index contributed by atoms with van der Waals surface area (Å²) >= 11 is 0. The molecule has 1 N–H and O–H groups in total. The smallest absolute Gasteiger partial charge is 0.271 e. The molecule has 0 spiro atoms. The standard InChI is InChI=1S/C22H22FN5O3/c1-27-12-14(11-24-27)17-9-18(26-25-17)22(30)28-6-4-13(5-7-28)21-10-19(29)16-8-15(23)2-3-20(16)31-21/h2-3,8-9,11-13,21H,4-7,10H2,1H3,(H,25,26)/t21-/m1/s1. The van der Waals surface area contributed by atoms with Crippen LogP contribution in [0.15, 0.2) is 36.7 Å². The normalized spacial score (nSPS) is 19.2. The third-order valence-corrected chi connectivity index (χ3v) is 6.07. The predicted molar refractivity (Wildman–Crippen MR) is 109 cm³/mol. The molecule has 0 unspecified atom stereocenters. The van der Waals surface area contributed by atoms with Gasteiger partial charge in [0.2, 0.25) is 0 Å². The van der Waals surface area contributed by atoms with Crippen LogP contribution in [0.25, 0.3) is 11.3 Å². The van der Waals surface area contributed by atoms with Crippen molar-refractivity contribution in [3.8, 4) is 17.0 Å². The zero-order valence-electron chi connectivity index (χ0n) is 17.0. The number of nitrogens with one attached hydrogen (secondary N) is 1. The number of benzene rings is 1. The van der Waals surface area contributed by atoms with E-state index in [0.717, 1.165) is 18.4 Å². The number of amides is 1. The summed E-state index contributed by atoms with van der Waals surface area (Å²) < 4.78 is 21.1. The number of nitrogens with zero attached hydrogens (tertiary/aromatic N) is 4. The molecule has 5 rings (SSSR count). The van der Waals surface area contributed by atoms with E-state index < -0.39 is 5.82 Å². The number of hydrogen-bond acceptors (Lipinski definition) is 5. The Bertz CT molecular complexity index is 1150. The zero-order valence-corrected chi connectivity index (χ0v) is 17.0. The van der Waals surface area contributed by atoms with E-state index >= 15 is 0 Å². The lowest BCUT2D eigenvalue weighted by Gasteiger charge is -2.37. The molecule has 0 radical (unpaired) electrons. The lowest BCUT2D eigenvalue weighted by atomic mass is 9.86. The molecule has 160 valence electrons. The number of aryl methyl sites for hydroxylation is 1. The van der Waals surface area contributed by atoms with Crippen LogP contribution < -0.4 is 4.74 Å². The van der Waals surface area contributed by atoms with Crippen LogP contribution in [0.4, 0.5) is 4.39 Å². The van der Waals surface area contributed by atoms with Gasteiger partial charge in [-0.2, -0.15) is 10.2 Å². The van der Waals surface area contributed by atoms with Crippen LogP contribution in [-0.4, -0.2) is 55.8 Å². The molecule has 2 aliphatic heterocycles. The fourth-order valence-corrected chi connectivity index (χ4v) is 4.36. The minimum atomic E-state index is -0.438. The molecular weight excluding hydrogens is 401 g/mol. The maximum absolute atomic E-state index is 13.4. The molecule has 0 saturated carbocycles. The van der Waals surface area contributed by atoms with Gasteiger partial charge in [0.25, 0.3) is 5.91 Å². The van der Waals surface area contributed by atoms with Crippen LogP contribution in [0.2, 0.25) is 0 Å². The molecule has 3 aromatic rings. The van der Waals surface area contributed by atoms with Gasteiger partial charge >= 0.3 is 0 Å². The molecule has 9 heteroatoms. The Morgan fingerprint density at radius 3 is 2.81 bits per heavy atom. The molecule has 1 amide bonds. The molecular formula is C22H22FN5O3. The summed E-state index contributed by atoms with van der Waals surface area (Å²) in [5, 5.41) is 11.2. The van der Waals surface area contributed by atoms with Gasteiger partial charge in [-0.1, -0.05) is 0 Å². The fraction of sp³-hybridized carbons (Fsp3) is 0.364. The van der Waals surface area contributed by atoms with Gasteiger partial charge in [0.1, 0.15) is 23.4 Å². The second-order valence-electron chi connectivity index (χ2n) is 8.12. The SMILES string of the molecule is Cn1cc(-c2cc(C(=O)N3CCC([C@H]4CC(=O)c5cc(F)ccc5O4)CC3)[nH]n2)cn1. The number of Topliss-reactive ketones (excluding diaryl/α,β-unsaturated/α-hetero) is 1. The van der Waals surface area contributed by atoms with E-state index in [2.05, 4.69) is 15.3 Å². The second kappa shape index (κ2) is 7.64. The number of carbonyl (C=O) groups is 2. The van der Waals surface area contributed by atoms with Gasteiger partial charge in [0.15, 0.2) is 5.78 Å². The van der Waals surface area contributed by atoms with Crippen LogP contribution in [0.3, 0.4) is 0 Å². The van der Waals surface area contributed by atoms with Crippen LogP contribution in [0.1, 0.15) is 40.1 Å². The Morgan fingerprint density at radius 1 is 1.26 bits per heavy atom. The first kappa shape index (κ1) is 19.5. The number of rotatable bonds is 3. The molecule has 4 heterocycles. The van der Waals surface area contributed by atoms with Crippen molar-refractivity contribution in [1.82, 2.24) is 24.9 Å². The van der Waals surface area contributed by atoms with E-state index in [1.807, 2.05) is 13.2 Å². The van der Waals surface area contributed by atoms with Crippen LogP contribution in [0.5, 0.6) is 5.75 Å². The van der Waals surface area contributed by atoms with E-state index in [-0.39, 0.29) is 30.1 Å². The van der Waals surface area contributed by atoms with E-state index in [4.69, 9.17) is 4.74 Å². The van der Waals surface area contributed by atoms with E-state index in [0.29, 0.717) is 35.8 Å². The van der Waals surface area contributed by atoms with E-state index in [1.165, 1.54) is 18.2 Å². The van der Waals surface area contributed by atoms with Crippen LogP contribution in [0, 0.1) is 11.7 Å². The molecule has 31 heavy (non-hydrogen) atoms. The lowest BCUT2D eigenvalue weighted by molar-refractivity contribution is 0.0448. The first-order chi connectivity index (χ1) is 15.0. The molecule has 1 saturated heterocycles. The lowest BCUT2D eigenvalue weighted by Crippen LogP contribution is -2.44. The zero-order chi connectivity index (χ0) is 21.5. The minimum absolute atomic E-state index is 0.0929. The summed E-state index contributed by atoms with van der Waals surface area (Å²) in [6.07, 6.45) is 5.02. The first-order valence-electron chi connectivity index (χ1n) is 10.3. The Morgan fingerprint density at radius 2 is 2.06 bits per heavy atom. The summed E-state index contributed by atoms with van der Waals surface area (Å²) in [6, 6.07) is 5.80. The van der Waals surface area contributed by atoms with Crippen molar-refractivity contribution in [3.63, 3.8) is 0 Å². The highest BCUT2D eigenvalue weighted by Gasteiger charge is 2.35. The highest BCUT2D eigenvalue weighted by molar-refractivity contribution is 6.00. The maximum atomic E-state index is 13.4. The van der Waals surface area contributed by atoms with Crippen molar-refractivity contribution >= 4 is 11.7 Å². The Hall–Kier alpha value is -3.49.